The van der Waals surface area contributed by atoms with Crippen LogP contribution in [0.4, 0.5) is 5.69 Å². The van der Waals surface area contributed by atoms with E-state index < -0.39 is 0 Å². The molecule has 2 N–H and O–H groups in total. The van der Waals surface area contributed by atoms with Crippen LogP contribution < -0.4 is 15.0 Å². The lowest BCUT2D eigenvalue weighted by atomic mass is 9.97. The number of hydrogen-bond donors (Lipinski definition) is 2. The quantitative estimate of drug-likeness (QED) is 0.642. The van der Waals surface area contributed by atoms with Crippen molar-refractivity contribution in [3.63, 3.8) is 0 Å². The van der Waals surface area contributed by atoms with E-state index in [1.165, 1.54) is 11.3 Å². The summed E-state index contributed by atoms with van der Waals surface area (Å²) in [5.41, 5.74) is 4.91. The van der Waals surface area contributed by atoms with Crippen molar-refractivity contribution in [1.82, 2.24) is 15.3 Å². The molecule has 4 rings (SSSR count). The van der Waals surface area contributed by atoms with E-state index >= 15 is 0 Å². The number of carbonyl (C=O) groups is 1. The Kier molecular flexibility index (Phi) is 4.94. The Morgan fingerprint density at radius 3 is 3.00 bits per heavy atom. The molecule has 0 saturated heterocycles. The molecule has 6 heteroatoms. The van der Waals surface area contributed by atoms with Crippen LogP contribution in [0, 0.1) is 0 Å². The Labute approximate surface area is 164 Å². The molecule has 0 saturated carbocycles. The molecule has 6 nitrogen and oxygen atoms in total. The highest BCUT2D eigenvalue weighted by molar-refractivity contribution is 6.05. The van der Waals surface area contributed by atoms with Gasteiger partial charge >= 0.3 is 0 Å². The summed E-state index contributed by atoms with van der Waals surface area (Å²) in [5, 5.41) is 3.87. The summed E-state index contributed by atoms with van der Waals surface area (Å²) in [6.45, 7) is 3.67. The number of carbonyl (C=O) groups excluding carboxylic acids is 1. The van der Waals surface area contributed by atoms with Crippen LogP contribution in [0.25, 0.3) is 11.0 Å². The first-order valence-corrected chi connectivity index (χ1v) is 9.77. The summed E-state index contributed by atoms with van der Waals surface area (Å²) >= 11 is 0. The minimum Gasteiger partial charge on any atom is -0.497 e. The molecule has 3 aromatic rings. The predicted octanol–water partition coefficient (Wildman–Crippen LogP) is 3.68. The molecular weight excluding hydrogens is 352 g/mol. The van der Waals surface area contributed by atoms with E-state index in [0.29, 0.717) is 12.1 Å². The first-order chi connectivity index (χ1) is 13.6. The maximum absolute atomic E-state index is 12.6. The van der Waals surface area contributed by atoms with E-state index in [1.54, 1.807) is 19.4 Å². The van der Waals surface area contributed by atoms with E-state index in [0.717, 1.165) is 41.9 Å². The maximum atomic E-state index is 12.6. The lowest BCUT2D eigenvalue weighted by molar-refractivity contribution is 0.0954. The zero-order valence-electron chi connectivity index (χ0n) is 16.6. The number of aromatic nitrogens is 2. The van der Waals surface area contributed by atoms with Gasteiger partial charge in [-0.1, -0.05) is 13.3 Å². The van der Waals surface area contributed by atoms with Gasteiger partial charge in [0.25, 0.3) is 5.91 Å². The second-order valence-electron chi connectivity index (χ2n) is 7.31. The number of nitrogens with one attached hydrogen (secondary N) is 2. The number of hydrogen-bond acceptors (Lipinski definition) is 4. The van der Waals surface area contributed by atoms with Gasteiger partial charge in [-0.2, -0.15) is 0 Å². The smallest absolute Gasteiger partial charge is 0.252 e. The molecule has 1 amide bonds. The van der Waals surface area contributed by atoms with Crippen LogP contribution in [0.3, 0.4) is 0 Å². The molecular formula is C22H26N4O2. The molecule has 0 fully saturated rings. The number of pyridine rings is 1. The standard InChI is InChI=1S/C22H26N4O2/c1-4-5-9-24-22(27)15-8-10-23-21-17(15)12-19(25-21)18-13-26(2)20-7-6-14(28-3)11-16(18)20/h6-8,10-12,18H,4-5,9,13H2,1-3H3,(H,23,25)(H,24,27). The predicted molar refractivity (Wildman–Crippen MR) is 111 cm³/mol. The third-order valence-electron chi connectivity index (χ3n) is 5.47. The number of amides is 1. The van der Waals surface area contributed by atoms with Gasteiger partial charge in [0.2, 0.25) is 0 Å². The second kappa shape index (κ2) is 7.54. The van der Waals surface area contributed by atoms with Crippen LogP contribution in [-0.4, -0.2) is 43.1 Å². The van der Waals surface area contributed by atoms with Crippen LogP contribution in [0.15, 0.2) is 36.5 Å². The number of unbranched alkanes of at least 4 members (excludes halogenated alkanes) is 1. The van der Waals surface area contributed by atoms with Crippen molar-refractivity contribution in [3.8, 4) is 5.75 Å². The largest absolute Gasteiger partial charge is 0.497 e. The number of H-pyrrole nitrogens is 1. The minimum absolute atomic E-state index is 0.0444. The minimum atomic E-state index is -0.0444. The maximum Gasteiger partial charge on any atom is 0.252 e. The number of aromatic amines is 1. The topological polar surface area (TPSA) is 70.2 Å². The van der Waals surface area contributed by atoms with Crippen LogP contribution in [-0.2, 0) is 0 Å². The second-order valence-corrected chi connectivity index (χ2v) is 7.31. The van der Waals surface area contributed by atoms with Gasteiger partial charge in [-0.3, -0.25) is 4.79 Å². The fourth-order valence-electron chi connectivity index (χ4n) is 3.93. The van der Waals surface area contributed by atoms with Crippen molar-refractivity contribution in [1.29, 1.82) is 0 Å². The molecule has 1 unspecified atom stereocenters. The summed E-state index contributed by atoms with van der Waals surface area (Å²) in [6, 6.07) is 10.1. The highest BCUT2D eigenvalue weighted by Gasteiger charge is 2.30. The summed E-state index contributed by atoms with van der Waals surface area (Å²) in [4.78, 5) is 22.8. The summed E-state index contributed by atoms with van der Waals surface area (Å²) < 4.78 is 5.42. The molecule has 2 aromatic heterocycles. The SMILES string of the molecule is CCCCNC(=O)c1ccnc2[nH]c(C3CN(C)c4ccc(OC)cc43)cc12. The summed E-state index contributed by atoms with van der Waals surface area (Å²) in [7, 11) is 3.78. The number of methoxy groups -OCH3 is 1. The van der Waals surface area contributed by atoms with Crippen molar-refractivity contribution < 1.29 is 9.53 Å². The van der Waals surface area contributed by atoms with Crippen molar-refractivity contribution in [3.05, 3.63) is 53.3 Å². The van der Waals surface area contributed by atoms with Gasteiger partial charge < -0.3 is 19.9 Å². The molecule has 1 aliphatic heterocycles. The number of ether oxygens (including phenoxy) is 1. The van der Waals surface area contributed by atoms with Crippen molar-refractivity contribution in [2.45, 2.75) is 25.7 Å². The molecule has 1 aromatic carbocycles. The number of fused-ring (bicyclic) bond motifs is 2. The average Bonchev–Trinajstić information content (AvgIpc) is 3.28. The number of nitrogens with zero attached hydrogens (tertiary/aromatic N) is 2. The van der Waals surface area contributed by atoms with Crippen LogP contribution in [0.1, 0.15) is 47.3 Å². The zero-order valence-corrected chi connectivity index (χ0v) is 16.6. The van der Waals surface area contributed by atoms with Gasteiger partial charge in [-0.15, -0.1) is 0 Å². The van der Waals surface area contributed by atoms with Gasteiger partial charge in [0.1, 0.15) is 11.4 Å². The van der Waals surface area contributed by atoms with E-state index in [1.807, 2.05) is 6.07 Å². The first-order valence-electron chi connectivity index (χ1n) is 9.77. The molecule has 146 valence electrons. The van der Waals surface area contributed by atoms with Gasteiger partial charge in [0, 0.05) is 49.0 Å². The Balaban J connectivity index is 1.70. The van der Waals surface area contributed by atoms with Crippen molar-refractivity contribution in [2.75, 3.05) is 32.1 Å². The molecule has 0 aliphatic carbocycles. The molecule has 1 atom stereocenters. The fourth-order valence-corrected chi connectivity index (χ4v) is 3.93. The fraction of sp³-hybridized carbons (Fsp3) is 0.364. The van der Waals surface area contributed by atoms with Gasteiger partial charge in [0.15, 0.2) is 0 Å². The van der Waals surface area contributed by atoms with Gasteiger partial charge in [-0.25, -0.2) is 4.98 Å². The Hall–Kier alpha value is -3.02. The molecule has 28 heavy (non-hydrogen) atoms. The molecule has 0 bridgehead atoms. The number of rotatable bonds is 6. The molecule has 3 heterocycles. The number of likely N-dealkylation sites (N-methyl/N-ethyl adjacent to an activating group) is 1. The lowest BCUT2D eigenvalue weighted by Crippen LogP contribution is -2.24. The van der Waals surface area contributed by atoms with E-state index in [-0.39, 0.29) is 11.8 Å². The molecule has 0 radical (unpaired) electrons. The van der Waals surface area contributed by atoms with Crippen LogP contribution >= 0.6 is 0 Å². The zero-order chi connectivity index (χ0) is 19.7. The first kappa shape index (κ1) is 18.3. The van der Waals surface area contributed by atoms with Crippen LogP contribution in [0.5, 0.6) is 5.75 Å². The van der Waals surface area contributed by atoms with Crippen molar-refractivity contribution in [2.24, 2.45) is 0 Å². The van der Waals surface area contributed by atoms with Gasteiger partial charge in [-0.05, 0) is 42.3 Å². The third-order valence-corrected chi connectivity index (χ3v) is 5.47. The molecule has 1 aliphatic rings. The normalized spacial score (nSPS) is 15.7. The Morgan fingerprint density at radius 2 is 2.21 bits per heavy atom. The van der Waals surface area contributed by atoms with Crippen molar-refractivity contribution >= 4 is 22.6 Å². The lowest BCUT2D eigenvalue weighted by Gasteiger charge is -2.11. The van der Waals surface area contributed by atoms with Crippen LogP contribution in [0.2, 0.25) is 0 Å². The Morgan fingerprint density at radius 1 is 1.36 bits per heavy atom. The highest BCUT2D eigenvalue weighted by atomic mass is 16.5. The number of benzene rings is 1. The summed E-state index contributed by atoms with van der Waals surface area (Å²) in [6.07, 6.45) is 3.72. The number of anilines is 1. The van der Waals surface area contributed by atoms with E-state index in [9.17, 15) is 4.79 Å². The highest BCUT2D eigenvalue weighted by Crippen LogP contribution is 2.41. The molecule has 0 spiro atoms. The van der Waals surface area contributed by atoms with Gasteiger partial charge in [0.05, 0.1) is 12.7 Å². The third kappa shape index (κ3) is 3.19. The Bertz CT molecular complexity index is 1010. The summed E-state index contributed by atoms with van der Waals surface area (Å²) in [5.74, 6) is 0.988. The van der Waals surface area contributed by atoms with E-state index in [2.05, 4.69) is 52.4 Å². The van der Waals surface area contributed by atoms with E-state index in [4.69, 9.17) is 4.74 Å². The average molecular weight is 378 g/mol. The monoisotopic (exact) mass is 378 g/mol.